The van der Waals surface area contributed by atoms with Gasteiger partial charge < -0.3 is 10.0 Å². The minimum Gasteiger partial charge on any atom is -0.481 e. The molecule has 0 radical (unpaired) electrons. The second-order valence-electron chi connectivity index (χ2n) is 6.36. The van der Waals surface area contributed by atoms with Crippen LogP contribution >= 0.6 is 0 Å². The molecular weight excluding hydrogens is 238 g/mol. The lowest BCUT2D eigenvalue weighted by molar-refractivity contribution is -0.146. The van der Waals surface area contributed by atoms with Crippen LogP contribution in [-0.4, -0.2) is 24.2 Å². The molecule has 19 heavy (non-hydrogen) atoms. The predicted octanol–water partition coefficient (Wildman–Crippen LogP) is 3.24. The summed E-state index contributed by atoms with van der Waals surface area (Å²) in [6, 6.07) is 6.48. The van der Waals surface area contributed by atoms with E-state index in [2.05, 4.69) is 50.8 Å². The predicted molar refractivity (Wildman–Crippen MR) is 77.7 cm³/mol. The molecule has 1 unspecified atom stereocenters. The molecule has 0 aromatic heterocycles. The fraction of sp³-hybridized carbons (Fsp3) is 0.562. The fourth-order valence-corrected chi connectivity index (χ4v) is 2.96. The lowest BCUT2D eigenvalue weighted by Crippen LogP contribution is -2.48. The van der Waals surface area contributed by atoms with Crippen molar-refractivity contribution in [1.82, 2.24) is 0 Å². The second-order valence-corrected chi connectivity index (χ2v) is 6.36. The lowest BCUT2D eigenvalue weighted by Gasteiger charge is -2.43. The third kappa shape index (κ3) is 2.75. The highest BCUT2D eigenvalue weighted by atomic mass is 16.4. The van der Waals surface area contributed by atoms with E-state index in [0.717, 1.165) is 19.5 Å². The maximum atomic E-state index is 11.3. The van der Waals surface area contributed by atoms with Gasteiger partial charge in [-0.3, -0.25) is 4.79 Å². The van der Waals surface area contributed by atoms with E-state index in [-0.39, 0.29) is 11.3 Å². The zero-order valence-electron chi connectivity index (χ0n) is 12.2. The average Bonchev–Trinajstić information content (AvgIpc) is 2.30. The smallest absolute Gasteiger partial charge is 0.307 e. The van der Waals surface area contributed by atoms with Gasteiger partial charge in [-0.05, 0) is 48.9 Å². The maximum absolute atomic E-state index is 11.3. The summed E-state index contributed by atoms with van der Waals surface area (Å²) in [5, 5.41) is 9.29. The molecule has 104 valence electrons. The number of nitrogens with zero attached hydrogens (tertiary/aromatic N) is 1. The molecule has 1 aromatic rings. The van der Waals surface area contributed by atoms with E-state index in [4.69, 9.17) is 0 Å². The largest absolute Gasteiger partial charge is 0.481 e. The first kappa shape index (κ1) is 13.9. The zero-order valence-corrected chi connectivity index (χ0v) is 12.2. The summed E-state index contributed by atoms with van der Waals surface area (Å²) in [5.74, 6) is -0.903. The van der Waals surface area contributed by atoms with Gasteiger partial charge in [0.2, 0.25) is 0 Å². The van der Waals surface area contributed by atoms with Crippen molar-refractivity contribution in [2.45, 2.75) is 34.1 Å². The van der Waals surface area contributed by atoms with E-state index >= 15 is 0 Å². The van der Waals surface area contributed by atoms with Crippen LogP contribution < -0.4 is 4.90 Å². The molecule has 0 spiro atoms. The summed E-state index contributed by atoms with van der Waals surface area (Å²) in [6.07, 6.45) is 0.718. The van der Waals surface area contributed by atoms with E-state index in [1.807, 2.05) is 0 Å². The Labute approximate surface area is 115 Å². The van der Waals surface area contributed by atoms with E-state index in [0.29, 0.717) is 0 Å². The number of aliphatic carboxylic acids is 1. The van der Waals surface area contributed by atoms with Crippen molar-refractivity contribution < 1.29 is 9.90 Å². The van der Waals surface area contributed by atoms with E-state index < -0.39 is 5.97 Å². The van der Waals surface area contributed by atoms with Crippen LogP contribution in [0.25, 0.3) is 0 Å². The Morgan fingerprint density at radius 1 is 1.32 bits per heavy atom. The normalized spacial score (nSPS) is 22.3. The molecule has 1 fully saturated rings. The Morgan fingerprint density at radius 2 is 2.00 bits per heavy atom. The van der Waals surface area contributed by atoms with E-state index in [1.165, 1.54) is 16.8 Å². The molecule has 1 atom stereocenters. The van der Waals surface area contributed by atoms with E-state index in [9.17, 15) is 9.90 Å². The first-order chi connectivity index (χ1) is 8.81. The molecule has 0 bridgehead atoms. The van der Waals surface area contributed by atoms with Crippen molar-refractivity contribution >= 4 is 11.7 Å². The van der Waals surface area contributed by atoms with Crippen LogP contribution in [-0.2, 0) is 4.79 Å². The molecule has 1 aliphatic heterocycles. The molecule has 3 heteroatoms. The second kappa shape index (κ2) is 4.87. The Balaban J connectivity index is 2.20. The Kier molecular flexibility index (Phi) is 3.57. The molecule has 0 saturated carbocycles. The summed E-state index contributed by atoms with van der Waals surface area (Å²) in [7, 11) is 0. The van der Waals surface area contributed by atoms with Crippen molar-refractivity contribution in [2.24, 2.45) is 11.3 Å². The summed E-state index contributed by atoms with van der Waals surface area (Å²) >= 11 is 0. The molecule has 1 saturated heterocycles. The number of benzene rings is 1. The number of piperidine rings is 1. The number of rotatable bonds is 2. The van der Waals surface area contributed by atoms with Gasteiger partial charge in [0.05, 0.1) is 5.92 Å². The molecule has 1 N–H and O–H groups in total. The van der Waals surface area contributed by atoms with Gasteiger partial charge in [-0.25, -0.2) is 0 Å². The first-order valence-electron chi connectivity index (χ1n) is 6.86. The number of carboxylic acids is 1. The summed E-state index contributed by atoms with van der Waals surface area (Å²) in [5.41, 5.74) is 3.60. The van der Waals surface area contributed by atoms with Crippen LogP contribution in [0.15, 0.2) is 18.2 Å². The number of anilines is 1. The zero-order chi connectivity index (χ0) is 14.2. The number of aryl methyl sites for hydroxylation is 2. The molecule has 1 aliphatic rings. The van der Waals surface area contributed by atoms with Gasteiger partial charge in [0, 0.05) is 18.8 Å². The van der Waals surface area contributed by atoms with Crippen LogP contribution in [0.3, 0.4) is 0 Å². The SMILES string of the molecule is Cc1ccc(N2CCC(C(=O)O)C(C)(C)C2)cc1C. The lowest BCUT2D eigenvalue weighted by atomic mass is 9.74. The molecule has 1 heterocycles. The van der Waals surface area contributed by atoms with Crippen LogP contribution in [0.2, 0.25) is 0 Å². The molecule has 2 rings (SSSR count). The monoisotopic (exact) mass is 261 g/mol. The topological polar surface area (TPSA) is 40.5 Å². The van der Waals surface area contributed by atoms with Crippen molar-refractivity contribution in [3.05, 3.63) is 29.3 Å². The van der Waals surface area contributed by atoms with Gasteiger partial charge >= 0.3 is 5.97 Å². The number of hydrogen-bond donors (Lipinski definition) is 1. The highest BCUT2D eigenvalue weighted by Gasteiger charge is 2.40. The minimum absolute atomic E-state index is 0.192. The van der Waals surface area contributed by atoms with Crippen molar-refractivity contribution in [3.8, 4) is 0 Å². The van der Waals surface area contributed by atoms with Crippen molar-refractivity contribution in [2.75, 3.05) is 18.0 Å². The van der Waals surface area contributed by atoms with Gasteiger partial charge in [-0.1, -0.05) is 19.9 Å². The fourth-order valence-electron chi connectivity index (χ4n) is 2.96. The van der Waals surface area contributed by atoms with Crippen LogP contribution in [0.1, 0.15) is 31.4 Å². The van der Waals surface area contributed by atoms with Crippen LogP contribution in [0.4, 0.5) is 5.69 Å². The minimum atomic E-state index is -0.662. The highest BCUT2D eigenvalue weighted by Crippen LogP contribution is 2.37. The molecule has 0 amide bonds. The molecular formula is C16H23NO2. The van der Waals surface area contributed by atoms with Gasteiger partial charge in [-0.15, -0.1) is 0 Å². The average molecular weight is 261 g/mol. The van der Waals surface area contributed by atoms with Crippen LogP contribution in [0.5, 0.6) is 0 Å². The van der Waals surface area contributed by atoms with Gasteiger partial charge in [0.1, 0.15) is 0 Å². The maximum Gasteiger partial charge on any atom is 0.307 e. The van der Waals surface area contributed by atoms with Crippen LogP contribution in [0, 0.1) is 25.2 Å². The third-order valence-corrected chi connectivity index (χ3v) is 4.38. The third-order valence-electron chi connectivity index (χ3n) is 4.38. The van der Waals surface area contributed by atoms with E-state index in [1.54, 1.807) is 0 Å². The Bertz CT molecular complexity index is 494. The summed E-state index contributed by atoms with van der Waals surface area (Å²) < 4.78 is 0. The summed E-state index contributed by atoms with van der Waals surface area (Å²) in [6.45, 7) is 9.96. The van der Waals surface area contributed by atoms with Gasteiger partial charge in [-0.2, -0.15) is 0 Å². The molecule has 0 aliphatic carbocycles. The molecule has 3 nitrogen and oxygen atoms in total. The quantitative estimate of drug-likeness (QED) is 0.888. The number of carbonyl (C=O) groups is 1. The van der Waals surface area contributed by atoms with Crippen molar-refractivity contribution in [3.63, 3.8) is 0 Å². The molecule has 1 aromatic carbocycles. The van der Waals surface area contributed by atoms with Gasteiger partial charge in [0.25, 0.3) is 0 Å². The Morgan fingerprint density at radius 3 is 2.53 bits per heavy atom. The summed E-state index contributed by atoms with van der Waals surface area (Å²) in [4.78, 5) is 13.6. The number of carboxylic acid groups (broad SMARTS) is 1. The Hall–Kier alpha value is -1.51. The van der Waals surface area contributed by atoms with Crippen molar-refractivity contribution in [1.29, 1.82) is 0 Å². The standard InChI is InChI=1S/C16H23NO2/c1-11-5-6-13(9-12(11)2)17-8-7-14(15(18)19)16(3,4)10-17/h5-6,9,14H,7-8,10H2,1-4H3,(H,18,19). The first-order valence-corrected chi connectivity index (χ1v) is 6.86. The number of hydrogen-bond acceptors (Lipinski definition) is 2. The van der Waals surface area contributed by atoms with Gasteiger partial charge in [0.15, 0.2) is 0 Å². The highest BCUT2D eigenvalue weighted by molar-refractivity contribution is 5.71.